The van der Waals surface area contributed by atoms with E-state index < -0.39 is 18.0 Å². The molecule has 0 radical (unpaired) electrons. The van der Waals surface area contributed by atoms with Crippen molar-refractivity contribution in [2.75, 3.05) is 6.54 Å². The van der Waals surface area contributed by atoms with Crippen molar-refractivity contribution in [3.05, 3.63) is 35.9 Å². The number of nitrogens with one attached hydrogen (secondary N) is 2. The van der Waals surface area contributed by atoms with Gasteiger partial charge >= 0.3 is 6.03 Å². The molecule has 1 aromatic carbocycles. The summed E-state index contributed by atoms with van der Waals surface area (Å²) in [4.78, 5) is 36.9. The summed E-state index contributed by atoms with van der Waals surface area (Å²) in [5, 5.41) is 4.63. The molecule has 6 heteroatoms. The molecule has 0 saturated carbocycles. The molecule has 2 N–H and O–H groups in total. The van der Waals surface area contributed by atoms with Crippen molar-refractivity contribution in [3.63, 3.8) is 0 Å². The molecule has 0 aromatic heterocycles. The normalized spacial score (nSPS) is 24.3. The number of hydrogen-bond donors (Lipinski definition) is 2. The van der Waals surface area contributed by atoms with Gasteiger partial charge in [-0.1, -0.05) is 30.3 Å². The number of nitrogens with zero attached hydrogens (tertiary/aromatic N) is 1. The average molecular weight is 301 g/mol. The van der Waals surface area contributed by atoms with E-state index in [-0.39, 0.29) is 18.4 Å². The third-order valence-corrected chi connectivity index (χ3v) is 4.25. The summed E-state index contributed by atoms with van der Waals surface area (Å²) in [7, 11) is 0. The number of urea groups is 1. The van der Waals surface area contributed by atoms with Gasteiger partial charge in [-0.05, 0) is 24.8 Å². The van der Waals surface area contributed by atoms with Crippen LogP contribution < -0.4 is 10.6 Å². The Bertz CT molecular complexity index is 588. The highest BCUT2D eigenvalue weighted by atomic mass is 16.2. The van der Waals surface area contributed by atoms with Gasteiger partial charge in [0.2, 0.25) is 5.91 Å². The van der Waals surface area contributed by atoms with Crippen molar-refractivity contribution in [2.45, 2.75) is 37.8 Å². The van der Waals surface area contributed by atoms with Crippen LogP contribution in [0.15, 0.2) is 30.3 Å². The van der Waals surface area contributed by atoms with Crippen LogP contribution in [0, 0.1) is 0 Å². The minimum absolute atomic E-state index is 0.0306. The molecule has 3 rings (SSSR count). The van der Waals surface area contributed by atoms with Crippen LogP contribution >= 0.6 is 0 Å². The molecular weight excluding hydrogens is 282 g/mol. The van der Waals surface area contributed by atoms with E-state index in [2.05, 4.69) is 22.8 Å². The van der Waals surface area contributed by atoms with Gasteiger partial charge < -0.3 is 10.2 Å². The van der Waals surface area contributed by atoms with E-state index in [0.29, 0.717) is 0 Å². The summed E-state index contributed by atoms with van der Waals surface area (Å²) in [5.41, 5.74) is 1.21. The fourth-order valence-electron chi connectivity index (χ4n) is 3.16. The van der Waals surface area contributed by atoms with Crippen LogP contribution in [-0.4, -0.2) is 41.4 Å². The van der Waals surface area contributed by atoms with Crippen molar-refractivity contribution in [1.29, 1.82) is 0 Å². The van der Waals surface area contributed by atoms with Gasteiger partial charge in [0.05, 0.1) is 6.42 Å². The van der Waals surface area contributed by atoms with Crippen LogP contribution in [0.2, 0.25) is 0 Å². The average Bonchev–Trinajstić information content (AvgIpc) is 3.07. The van der Waals surface area contributed by atoms with Gasteiger partial charge in [-0.25, -0.2) is 4.79 Å². The molecule has 0 bridgehead atoms. The Morgan fingerprint density at radius 2 is 2.00 bits per heavy atom. The van der Waals surface area contributed by atoms with E-state index in [1.807, 2.05) is 23.1 Å². The molecule has 22 heavy (non-hydrogen) atoms. The molecule has 6 nitrogen and oxygen atoms in total. The SMILES string of the molecule is O=C1NC(=O)[C@H](CC(=O)N2CCC[C@@H]2Cc2ccccc2)N1. The summed E-state index contributed by atoms with van der Waals surface area (Å²) in [6, 6.07) is 9.00. The lowest BCUT2D eigenvalue weighted by Crippen LogP contribution is -2.41. The lowest BCUT2D eigenvalue weighted by atomic mass is 10.0. The fraction of sp³-hybridized carbons (Fsp3) is 0.438. The Hall–Kier alpha value is -2.37. The largest absolute Gasteiger partial charge is 0.339 e. The molecular formula is C16H19N3O3. The molecule has 2 fully saturated rings. The number of imide groups is 1. The summed E-state index contributed by atoms with van der Waals surface area (Å²) in [6.45, 7) is 0.721. The molecule has 0 spiro atoms. The topological polar surface area (TPSA) is 78.5 Å². The number of carbonyl (C=O) groups excluding carboxylic acids is 3. The Balaban J connectivity index is 1.61. The zero-order chi connectivity index (χ0) is 15.5. The summed E-state index contributed by atoms with van der Waals surface area (Å²) < 4.78 is 0. The first-order chi connectivity index (χ1) is 10.6. The first-order valence-electron chi connectivity index (χ1n) is 7.58. The zero-order valence-electron chi connectivity index (χ0n) is 12.2. The predicted molar refractivity (Wildman–Crippen MR) is 80.0 cm³/mol. The summed E-state index contributed by atoms with van der Waals surface area (Å²) in [6.07, 6.45) is 2.81. The smallest absolute Gasteiger partial charge is 0.322 e. The van der Waals surface area contributed by atoms with E-state index in [9.17, 15) is 14.4 Å². The van der Waals surface area contributed by atoms with E-state index in [4.69, 9.17) is 0 Å². The van der Waals surface area contributed by atoms with Gasteiger partial charge in [0, 0.05) is 12.6 Å². The van der Waals surface area contributed by atoms with E-state index in [1.165, 1.54) is 5.56 Å². The van der Waals surface area contributed by atoms with Crippen molar-refractivity contribution in [3.8, 4) is 0 Å². The minimum atomic E-state index is -0.738. The van der Waals surface area contributed by atoms with Crippen molar-refractivity contribution < 1.29 is 14.4 Å². The van der Waals surface area contributed by atoms with Crippen LogP contribution in [0.3, 0.4) is 0 Å². The molecule has 0 unspecified atom stereocenters. The quantitative estimate of drug-likeness (QED) is 0.808. The predicted octanol–water partition coefficient (Wildman–Crippen LogP) is 0.818. The Labute approximate surface area is 128 Å². The monoisotopic (exact) mass is 301 g/mol. The van der Waals surface area contributed by atoms with Crippen molar-refractivity contribution in [1.82, 2.24) is 15.5 Å². The number of likely N-dealkylation sites (tertiary alicyclic amines) is 1. The van der Waals surface area contributed by atoms with Gasteiger partial charge in [0.25, 0.3) is 5.91 Å². The zero-order valence-corrected chi connectivity index (χ0v) is 12.2. The Kier molecular flexibility index (Phi) is 4.09. The second kappa shape index (κ2) is 6.17. The van der Waals surface area contributed by atoms with E-state index in [0.717, 1.165) is 25.8 Å². The molecule has 1 aromatic rings. The lowest BCUT2D eigenvalue weighted by molar-refractivity contribution is -0.134. The van der Waals surface area contributed by atoms with Crippen molar-refractivity contribution in [2.24, 2.45) is 0 Å². The third-order valence-electron chi connectivity index (χ3n) is 4.25. The van der Waals surface area contributed by atoms with Crippen molar-refractivity contribution >= 4 is 17.8 Å². The van der Waals surface area contributed by atoms with Gasteiger partial charge in [0.1, 0.15) is 6.04 Å². The van der Waals surface area contributed by atoms with Crippen LogP contribution in [0.4, 0.5) is 4.79 Å². The minimum Gasteiger partial charge on any atom is -0.339 e. The maximum Gasteiger partial charge on any atom is 0.322 e. The second-order valence-corrected chi connectivity index (χ2v) is 5.79. The highest BCUT2D eigenvalue weighted by Gasteiger charge is 2.35. The molecule has 2 heterocycles. The number of benzene rings is 1. The van der Waals surface area contributed by atoms with Gasteiger partial charge in [-0.3, -0.25) is 14.9 Å². The molecule has 2 aliphatic rings. The Morgan fingerprint density at radius 1 is 1.23 bits per heavy atom. The molecule has 2 saturated heterocycles. The molecule has 0 aliphatic carbocycles. The van der Waals surface area contributed by atoms with Crippen LogP contribution in [0.5, 0.6) is 0 Å². The first kappa shape index (κ1) is 14.6. The van der Waals surface area contributed by atoms with E-state index in [1.54, 1.807) is 0 Å². The standard InChI is InChI=1S/C16H19N3O3/c20-14(10-13-15(21)18-16(22)17-13)19-8-4-7-12(19)9-11-5-2-1-3-6-11/h1-3,5-6,12-13H,4,7-10H2,(H2,17,18,21,22)/t12-,13+/m1/s1. The maximum absolute atomic E-state index is 12.4. The third kappa shape index (κ3) is 3.10. The molecule has 4 amide bonds. The second-order valence-electron chi connectivity index (χ2n) is 5.79. The maximum atomic E-state index is 12.4. The van der Waals surface area contributed by atoms with Crippen LogP contribution in [0.25, 0.3) is 0 Å². The highest BCUT2D eigenvalue weighted by Crippen LogP contribution is 2.22. The first-order valence-corrected chi connectivity index (χ1v) is 7.58. The molecule has 2 aliphatic heterocycles. The lowest BCUT2D eigenvalue weighted by Gasteiger charge is -2.25. The number of rotatable bonds is 4. The number of hydrogen-bond acceptors (Lipinski definition) is 3. The highest BCUT2D eigenvalue weighted by molar-refractivity contribution is 6.05. The number of amides is 4. The van der Waals surface area contributed by atoms with Crippen LogP contribution in [-0.2, 0) is 16.0 Å². The summed E-state index contributed by atoms with van der Waals surface area (Å²) >= 11 is 0. The molecule has 116 valence electrons. The summed E-state index contributed by atoms with van der Waals surface area (Å²) in [5.74, 6) is -0.488. The fourth-order valence-corrected chi connectivity index (χ4v) is 3.16. The number of carbonyl (C=O) groups is 3. The van der Waals surface area contributed by atoms with Gasteiger partial charge in [-0.15, -0.1) is 0 Å². The Morgan fingerprint density at radius 3 is 2.68 bits per heavy atom. The van der Waals surface area contributed by atoms with Gasteiger partial charge in [0.15, 0.2) is 0 Å². The molecule has 2 atom stereocenters. The van der Waals surface area contributed by atoms with Gasteiger partial charge in [-0.2, -0.15) is 0 Å². The van der Waals surface area contributed by atoms with Crippen LogP contribution in [0.1, 0.15) is 24.8 Å². The van der Waals surface area contributed by atoms with E-state index >= 15 is 0 Å².